The van der Waals surface area contributed by atoms with Crippen molar-refractivity contribution in [2.45, 2.75) is 13.3 Å². The summed E-state index contributed by atoms with van der Waals surface area (Å²) in [4.78, 5) is 15.9. The molecule has 0 saturated heterocycles. The highest BCUT2D eigenvalue weighted by Gasteiger charge is 2.08. The molecular formula is C14H12ClNO. The first-order valence-corrected chi connectivity index (χ1v) is 5.73. The van der Waals surface area contributed by atoms with Crippen LogP contribution in [-0.2, 0) is 6.42 Å². The van der Waals surface area contributed by atoms with Gasteiger partial charge in [-0.2, -0.15) is 0 Å². The maximum atomic E-state index is 11.9. The first-order valence-electron chi connectivity index (χ1n) is 5.35. The zero-order chi connectivity index (χ0) is 12.3. The summed E-state index contributed by atoms with van der Waals surface area (Å²) in [6.07, 6.45) is 1.86. The molecule has 3 heteroatoms. The van der Waals surface area contributed by atoms with Gasteiger partial charge >= 0.3 is 0 Å². The van der Waals surface area contributed by atoms with E-state index in [0.29, 0.717) is 17.1 Å². The Labute approximate surface area is 105 Å². The number of ketones is 1. The molecule has 86 valence electrons. The molecule has 0 unspecified atom stereocenters. The fourth-order valence-electron chi connectivity index (χ4n) is 1.64. The van der Waals surface area contributed by atoms with E-state index in [4.69, 9.17) is 11.6 Å². The molecule has 1 aromatic carbocycles. The lowest BCUT2D eigenvalue weighted by molar-refractivity contribution is 0.0988. The summed E-state index contributed by atoms with van der Waals surface area (Å²) < 4.78 is 0. The highest BCUT2D eigenvalue weighted by molar-refractivity contribution is 6.30. The quantitative estimate of drug-likeness (QED) is 0.775. The van der Waals surface area contributed by atoms with Crippen LogP contribution in [-0.4, -0.2) is 10.8 Å². The van der Waals surface area contributed by atoms with Gasteiger partial charge in [0, 0.05) is 12.6 Å². The minimum Gasteiger partial charge on any atom is -0.292 e. The number of carbonyl (C=O) groups is 1. The maximum Gasteiger partial charge on any atom is 0.185 e. The lowest BCUT2D eigenvalue weighted by Crippen LogP contribution is -2.05. The van der Waals surface area contributed by atoms with E-state index in [1.165, 1.54) is 6.20 Å². The van der Waals surface area contributed by atoms with Gasteiger partial charge in [0.15, 0.2) is 5.78 Å². The molecule has 0 saturated carbocycles. The van der Waals surface area contributed by atoms with Crippen LogP contribution in [0.25, 0.3) is 0 Å². The molecule has 2 nitrogen and oxygen atoms in total. The van der Waals surface area contributed by atoms with E-state index in [1.54, 1.807) is 12.1 Å². The van der Waals surface area contributed by atoms with Crippen LogP contribution in [0, 0.1) is 6.92 Å². The minimum absolute atomic E-state index is 0.00673. The Balaban J connectivity index is 2.14. The van der Waals surface area contributed by atoms with Crippen LogP contribution >= 0.6 is 11.6 Å². The first kappa shape index (κ1) is 11.8. The Morgan fingerprint density at radius 2 is 2.12 bits per heavy atom. The van der Waals surface area contributed by atoms with E-state index in [1.807, 2.05) is 31.2 Å². The number of nitrogens with zero attached hydrogens (tertiary/aromatic N) is 1. The molecule has 0 bridgehead atoms. The molecule has 17 heavy (non-hydrogen) atoms. The number of rotatable bonds is 3. The van der Waals surface area contributed by atoms with E-state index in [2.05, 4.69) is 4.98 Å². The second-order valence-corrected chi connectivity index (χ2v) is 4.39. The molecule has 1 heterocycles. The van der Waals surface area contributed by atoms with Gasteiger partial charge in [-0.05, 0) is 24.6 Å². The SMILES string of the molecule is Cc1cccc(CC(=O)c2ccc(Cl)cn2)c1. The van der Waals surface area contributed by atoms with Gasteiger partial charge in [0.1, 0.15) is 5.69 Å². The Bertz CT molecular complexity index is 534. The average Bonchev–Trinajstić information content (AvgIpc) is 2.29. The maximum absolute atomic E-state index is 11.9. The predicted octanol–water partition coefficient (Wildman–Crippen LogP) is 3.47. The molecule has 0 atom stereocenters. The van der Waals surface area contributed by atoms with Crippen LogP contribution in [0.3, 0.4) is 0 Å². The van der Waals surface area contributed by atoms with Crippen molar-refractivity contribution in [3.05, 3.63) is 64.4 Å². The summed E-state index contributed by atoms with van der Waals surface area (Å²) in [7, 11) is 0. The molecule has 0 aliphatic carbocycles. The van der Waals surface area contributed by atoms with Crippen molar-refractivity contribution in [2.75, 3.05) is 0 Å². The van der Waals surface area contributed by atoms with Crippen molar-refractivity contribution in [3.8, 4) is 0 Å². The molecule has 0 amide bonds. The fraction of sp³-hybridized carbons (Fsp3) is 0.143. The van der Waals surface area contributed by atoms with Crippen LogP contribution in [0.15, 0.2) is 42.6 Å². The number of pyridine rings is 1. The number of hydrogen-bond acceptors (Lipinski definition) is 2. The number of halogens is 1. The Morgan fingerprint density at radius 1 is 1.29 bits per heavy atom. The zero-order valence-electron chi connectivity index (χ0n) is 9.48. The van der Waals surface area contributed by atoms with E-state index < -0.39 is 0 Å². The molecule has 0 aliphatic rings. The van der Waals surface area contributed by atoms with Gasteiger partial charge in [-0.15, -0.1) is 0 Å². The van der Waals surface area contributed by atoms with Crippen molar-refractivity contribution in [1.29, 1.82) is 0 Å². The third-order valence-corrected chi connectivity index (χ3v) is 2.68. The van der Waals surface area contributed by atoms with Crippen LogP contribution in [0.5, 0.6) is 0 Å². The molecule has 0 radical (unpaired) electrons. The van der Waals surface area contributed by atoms with Gasteiger partial charge in [-0.25, -0.2) is 0 Å². The first-order chi connectivity index (χ1) is 8.15. The Kier molecular flexibility index (Phi) is 3.55. The van der Waals surface area contributed by atoms with Crippen molar-refractivity contribution in [3.63, 3.8) is 0 Å². The molecule has 0 aliphatic heterocycles. The molecule has 0 spiro atoms. The third kappa shape index (κ3) is 3.14. The van der Waals surface area contributed by atoms with Crippen molar-refractivity contribution >= 4 is 17.4 Å². The molecule has 1 aromatic heterocycles. The van der Waals surface area contributed by atoms with Gasteiger partial charge in [-0.1, -0.05) is 41.4 Å². The fourth-order valence-corrected chi connectivity index (χ4v) is 1.75. The number of Topliss-reactive ketones (excluding diaryl/α,β-unsaturated/α-hetero) is 1. The number of hydrogen-bond donors (Lipinski definition) is 0. The second-order valence-electron chi connectivity index (χ2n) is 3.95. The summed E-state index contributed by atoms with van der Waals surface area (Å²) >= 11 is 5.72. The van der Waals surface area contributed by atoms with Crippen molar-refractivity contribution in [1.82, 2.24) is 4.98 Å². The van der Waals surface area contributed by atoms with Gasteiger partial charge in [0.05, 0.1) is 5.02 Å². The highest BCUT2D eigenvalue weighted by Crippen LogP contribution is 2.10. The van der Waals surface area contributed by atoms with E-state index in [-0.39, 0.29) is 5.78 Å². The lowest BCUT2D eigenvalue weighted by Gasteiger charge is -2.02. The minimum atomic E-state index is 0.00673. The summed E-state index contributed by atoms with van der Waals surface area (Å²) in [6, 6.07) is 11.2. The number of carbonyl (C=O) groups excluding carboxylic acids is 1. The average molecular weight is 246 g/mol. The summed E-state index contributed by atoms with van der Waals surface area (Å²) in [5.41, 5.74) is 2.61. The summed E-state index contributed by atoms with van der Waals surface area (Å²) in [5, 5.41) is 0.539. The topological polar surface area (TPSA) is 30.0 Å². The summed E-state index contributed by atoms with van der Waals surface area (Å²) in [5.74, 6) is 0.00673. The molecule has 2 rings (SSSR count). The van der Waals surface area contributed by atoms with Crippen molar-refractivity contribution < 1.29 is 4.79 Å². The van der Waals surface area contributed by atoms with Gasteiger partial charge in [0.25, 0.3) is 0 Å². The number of aryl methyl sites for hydroxylation is 1. The predicted molar refractivity (Wildman–Crippen MR) is 68.5 cm³/mol. The third-order valence-electron chi connectivity index (χ3n) is 2.46. The highest BCUT2D eigenvalue weighted by atomic mass is 35.5. The van der Waals surface area contributed by atoms with Crippen LogP contribution in [0.2, 0.25) is 5.02 Å². The van der Waals surface area contributed by atoms with Gasteiger partial charge in [-0.3, -0.25) is 9.78 Å². The van der Waals surface area contributed by atoms with Crippen LogP contribution in [0.4, 0.5) is 0 Å². The van der Waals surface area contributed by atoms with Crippen LogP contribution in [0.1, 0.15) is 21.6 Å². The molecule has 0 fully saturated rings. The number of aromatic nitrogens is 1. The molecule has 2 aromatic rings. The standard InChI is InChI=1S/C14H12ClNO/c1-10-3-2-4-11(7-10)8-14(17)13-6-5-12(15)9-16-13/h2-7,9H,8H2,1H3. The normalized spacial score (nSPS) is 10.2. The number of benzene rings is 1. The lowest BCUT2D eigenvalue weighted by atomic mass is 10.0. The molecular weight excluding hydrogens is 234 g/mol. The largest absolute Gasteiger partial charge is 0.292 e. The second kappa shape index (κ2) is 5.11. The summed E-state index contributed by atoms with van der Waals surface area (Å²) in [6.45, 7) is 2.01. The van der Waals surface area contributed by atoms with Gasteiger partial charge in [0.2, 0.25) is 0 Å². The van der Waals surface area contributed by atoms with E-state index in [0.717, 1.165) is 11.1 Å². The van der Waals surface area contributed by atoms with Crippen molar-refractivity contribution in [2.24, 2.45) is 0 Å². The molecule has 0 N–H and O–H groups in total. The monoisotopic (exact) mass is 245 g/mol. The Morgan fingerprint density at radius 3 is 2.76 bits per heavy atom. The Hall–Kier alpha value is -1.67. The van der Waals surface area contributed by atoms with E-state index >= 15 is 0 Å². The van der Waals surface area contributed by atoms with Crippen LogP contribution < -0.4 is 0 Å². The smallest absolute Gasteiger partial charge is 0.185 e. The van der Waals surface area contributed by atoms with E-state index in [9.17, 15) is 4.79 Å². The zero-order valence-corrected chi connectivity index (χ0v) is 10.2. The van der Waals surface area contributed by atoms with Gasteiger partial charge < -0.3 is 0 Å².